The Balaban J connectivity index is 3.66. The van der Waals surface area contributed by atoms with Gasteiger partial charge < -0.3 is 14.6 Å². The SMILES string of the molecule is C#CCCCCCCCCCCCC(O)CC(COC(C)=O)OC(C)=O. The number of hydrogen-bond acceptors (Lipinski definition) is 5. The Morgan fingerprint density at radius 1 is 0.923 bits per heavy atom. The van der Waals surface area contributed by atoms with Crippen LogP contribution in [0.4, 0.5) is 0 Å². The molecule has 0 aliphatic heterocycles. The first kappa shape index (κ1) is 24.5. The van der Waals surface area contributed by atoms with Crippen LogP contribution in [0.3, 0.4) is 0 Å². The van der Waals surface area contributed by atoms with Crippen molar-refractivity contribution >= 4 is 11.9 Å². The van der Waals surface area contributed by atoms with Gasteiger partial charge in [0.1, 0.15) is 12.7 Å². The second kappa shape index (κ2) is 16.9. The minimum absolute atomic E-state index is 0.00663. The maximum atomic E-state index is 11.1. The third kappa shape index (κ3) is 17.3. The van der Waals surface area contributed by atoms with E-state index in [1.807, 2.05) is 0 Å². The molecule has 0 aromatic heterocycles. The normalized spacial score (nSPS) is 12.8. The third-order valence-corrected chi connectivity index (χ3v) is 4.20. The molecule has 2 atom stereocenters. The van der Waals surface area contributed by atoms with E-state index in [9.17, 15) is 14.7 Å². The van der Waals surface area contributed by atoms with Crippen molar-refractivity contribution in [3.63, 3.8) is 0 Å². The van der Waals surface area contributed by atoms with E-state index in [1.54, 1.807) is 0 Å². The first-order valence-corrected chi connectivity index (χ1v) is 9.87. The maximum Gasteiger partial charge on any atom is 0.303 e. The smallest absolute Gasteiger partial charge is 0.303 e. The molecule has 150 valence electrons. The van der Waals surface area contributed by atoms with Crippen molar-refractivity contribution < 1.29 is 24.2 Å². The van der Waals surface area contributed by atoms with Gasteiger partial charge in [-0.25, -0.2) is 0 Å². The summed E-state index contributed by atoms with van der Waals surface area (Å²) in [6.45, 7) is 2.61. The second-order valence-corrected chi connectivity index (χ2v) is 6.85. The summed E-state index contributed by atoms with van der Waals surface area (Å²) in [5, 5.41) is 10.1. The van der Waals surface area contributed by atoms with Crippen LogP contribution >= 0.6 is 0 Å². The number of ether oxygens (including phenoxy) is 2. The van der Waals surface area contributed by atoms with Gasteiger partial charge in [0.15, 0.2) is 0 Å². The minimum atomic E-state index is -0.583. The summed E-state index contributed by atoms with van der Waals surface area (Å²) in [6, 6.07) is 0. The molecule has 1 N–H and O–H groups in total. The van der Waals surface area contributed by atoms with Crippen LogP contribution in [0, 0.1) is 12.3 Å². The molecule has 0 fully saturated rings. The van der Waals surface area contributed by atoms with Crippen LogP contribution in [-0.4, -0.2) is 35.9 Å². The molecule has 0 aromatic carbocycles. The van der Waals surface area contributed by atoms with Gasteiger partial charge in [-0.05, 0) is 12.8 Å². The van der Waals surface area contributed by atoms with E-state index in [0.29, 0.717) is 12.8 Å². The fourth-order valence-corrected chi connectivity index (χ4v) is 2.86. The minimum Gasteiger partial charge on any atom is -0.462 e. The summed E-state index contributed by atoms with van der Waals surface area (Å²) in [4.78, 5) is 22.0. The number of unbranched alkanes of at least 4 members (excludes halogenated alkanes) is 9. The second-order valence-electron chi connectivity index (χ2n) is 6.85. The van der Waals surface area contributed by atoms with E-state index in [1.165, 1.54) is 52.4 Å². The van der Waals surface area contributed by atoms with Crippen molar-refractivity contribution in [3.8, 4) is 12.3 Å². The van der Waals surface area contributed by atoms with Gasteiger partial charge in [-0.3, -0.25) is 9.59 Å². The average molecular weight is 369 g/mol. The van der Waals surface area contributed by atoms with Gasteiger partial charge in [-0.1, -0.05) is 51.4 Å². The zero-order valence-electron chi connectivity index (χ0n) is 16.5. The van der Waals surface area contributed by atoms with Gasteiger partial charge in [0.05, 0.1) is 6.10 Å². The number of terminal acetylenes is 1. The highest BCUT2D eigenvalue weighted by molar-refractivity contribution is 5.67. The Hall–Kier alpha value is -1.54. The summed E-state index contributed by atoms with van der Waals surface area (Å²) in [5.74, 6) is 1.81. The molecule has 26 heavy (non-hydrogen) atoms. The molecule has 0 bridgehead atoms. The molecule has 0 aromatic rings. The van der Waals surface area contributed by atoms with E-state index in [2.05, 4.69) is 5.92 Å². The van der Waals surface area contributed by atoms with Crippen molar-refractivity contribution in [2.24, 2.45) is 0 Å². The molecular formula is C21H36O5. The number of rotatable bonds is 16. The van der Waals surface area contributed by atoms with Crippen molar-refractivity contribution in [2.45, 2.75) is 103 Å². The molecule has 0 amide bonds. The quantitative estimate of drug-likeness (QED) is 0.252. The molecule has 0 heterocycles. The Kier molecular flexibility index (Phi) is 15.9. The Labute approximate surface area is 158 Å². The molecule has 0 radical (unpaired) electrons. The molecule has 5 heteroatoms. The summed E-state index contributed by atoms with van der Waals surface area (Å²) in [5.41, 5.74) is 0. The van der Waals surface area contributed by atoms with Crippen molar-refractivity contribution in [2.75, 3.05) is 6.61 Å². The van der Waals surface area contributed by atoms with E-state index in [0.717, 1.165) is 25.7 Å². The van der Waals surface area contributed by atoms with E-state index in [-0.39, 0.29) is 6.61 Å². The number of esters is 2. The van der Waals surface area contributed by atoms with Gasteiger partial charge in [-0.15, -0.1) is 12.3 Å². The lowest BCUT2D eigenvalue weighted by molar-refractivity contribution is -0.158. The molecule has 0 aliphatic rings. The average Bonchev–Trinajstić information content (AvgIpc) is 2.57. The number of carbonyl (C=O) groups excluding carboxylic acids is 2. The van der Waals surface area contributed by atoms with Crippen molar-refractivity contribution in [1.29, 1.82) is 0 Å². The Morgan fingerprint density at radius 2 is 1.46 bits per heavy atom. The lowest BCUT2D eigenvalue weighted by Crippen LogP contribution is -2.28. The topological polar surface area (TPSA) is 72.8 Å². The van der Waals surface area contributed by atoms with Crippen LogP contribution in [0.1, 0.15) is 90.9 Å². The van der Waals surface area contributed by atoms with Crippen molar-refractivity contribution in [1.82, 2.24) is 0 Å². The van der Waals surface area contributed by atoms with Crippen LogP contribution in [-0.2, 0) is 19.1 Å². The van der Waals surface area contributed by atoms with Gasteiger partial charge in [0.2, 0.25) is 0 Å². The molecule has 0 saturated carbocycles. The standard InChI is InChI=1S/C21H36O5/c1-4-5-6-7-8-9-10-11-12-13-14-15-20(24)16-21(26-19(3)23)17-25-18(2)22/h1,20-21,24H,5-17H2,2-3H3. The Morgan fingerprint density at radius 3 is 1.96 bits per heavy atom. The number of aliphatic hydroxyl groups is 1. The summed E-state index contributed by atoms with van der Waals surface area (Å²) >= 11 is 0. The highest BCUT2D eigenvalue weighted by Gasteiger charge is 2.18. The summed E-state index contributed by atoms with van der Waals surface area (Å²) in [7, 11) is 0. The predicted molar refractivity (Wildman–Crippen MR) is 102 cm³/mol. The van der Waals surface area contributed by atoms with Crippen molar-refractivity contribution in [3.05, 3.63) is 0 Å². The zero-order chi connectivity index (χ0) is 19.6. The monoisotopic (exact) mass is 368 g/mol. The molecule has 0 aliphatic carbocycles. The summed E-state index contributed by atoms with van der Waals surface area (Å²) in [6.07, 6.45) is 16.6. The third-order valence-electron chi connectivity index (χ3n) is 4.20. The van der Waals surface area contributed by atoms with Gasteiger partial charge in [0, 0.05) is 26.7 Å². The van der Waals surface area contributed by atoms with Gasteiger partial charge in [0.25, 0.3) is 0 Å². The number of carbonyl (C=O) groups is 2. The first-order chi connectivity index (χ1) is 12.5. The van der Waals surface area contributed by atoms with E-state index < -0.39 is 24.1 Å². The maximum absolute atomic E-state index is 11.1. The van der Waals surface area contributed by atoms with Crippen LogP contribution in [0.25, 0.3) is 0 Å². The molecule has 5 nitrogen and oxygen atoms in total. The fraction of sp³-hybridized carbons (Fsp3) is 0.810. The lowest BCUT2D eigenvalue weighted by Gasteiger charge is -2.20. The van der Waals surface area contributed by atoms with Crippen LogP contribution in [0.5, 0.6) is 0 Å². The fourth-order valence-electron chi connectivity index (χ4n) is 2.86. The first-order valence-electron chi connectivity index (χ1n) is 9.87. The predicted octanol–water partition coefficient (Wildman–Crippen LogP) is 4.16. The van der Waals surface area contributed by atoms with Gasteiger partial charge >= 0.3 is 11.9 Å². The number of aliphatic hydroxyl groups excluding tert-OH is 1. The van der Waals surface area contributed by atoms with Crippen LogP contribution < -0.4 is 0 Å². The lowest BCUT2D eigenvalue weighted by atomic mass is 10.0. The Bertz CT molecular complexity index is 413. The van der Waals surface area contributed by atoms with Crippen LogP contribution in [0.2, 0.25) is 0 Å². The highest BCUT2D eigenvalue weighted by Crippen LogP contribution is 2.14. The molecular weight excluding hydrogens is 332 g/mol. The largest absolute Gasteiger partial charge is 0.462 e. The molecule has 2 unspecified atom stereocenters. The van der Waals surface area contributed by atoms with Crippen LogP contribution in [0.15, 0.2) is 0 Å². The van der Waals surface area contributed by atoms with Gasteiger partial charge in [-0.2, -0.15) is 0 Å². The molecule has 0 rings (SSSR count). The number of hydrogen-bond donors (Lipinski definition) is 1. The molecule has 0 spiro atoms. The van der Waals surface area contributed by atoms with E-state index in [4.69, 9.17) is 15.9 Å². The summed E-state index contributed by atoms with van der Waals surface area (Å²) < 4.78 is 9.97. The highest BCUT2D eigenvalue weighted by atomic mass is 16.6. The van der Waals surface area contributed by atoms with E-state index >= 15 is 0 Å². The molecule has 0 saturated heterocycles. The zero-order valence-corrected chi connectivity index (χ0v) is 16.5.